The van der Waals surface area contributed by atoms with Crippen LogP contribution in [0, 0.1) is 6.92 Å². The molecule has 0 radical (unpaired) electrons. The molecule has 0 spiro atoms. The Morgan fingerprint density at radius 3 is 2.81 bits per heavy atom. The van der Waals surface area contributed by atoms with Crippen molar-refractivity contribution in [3.63, 3.8) is 0 Å². The number of hydrogen-bond donors (Lipinski definition) is 2. The molecule has 112 valence electrons. The van der Waals surface area contributed by atoms with Crippen LogP contribution < -0.4 is 5.32 Å². The molecule has 21 heavy (non-hydrogen) atoms. The minimum Gasteiger partial charge on any atom is -0.461 e. The summed E-state index contributed by atoms with van der Waals surface area (Å²) in [6.45, 7) is 1.79. The normalized spacial score (nSPS) is 24.3. The predicted octanol–water partition coefficient (Wildman–Crippen LogP) is 0.629. The molecule has 1 aromatic carbocycles. The predicted molar refractivity (Wildman–Crippen MR) is 76.9 cm³/mol. The van der Waals surface area contributed by atoms with Crippen LogP contribution in [0.3, 0.4) is 0 Å². The van der Waals surface area contributed by atoms with Gasteiger partial charge in [0.1, 0.15) is 11.3 Å². The SMILES string of the molecule is Cc1cc2cccc(C(=O)N[C@@H]3CS(=O)(=O)C[C@H]3O)c2o1. The molecule has 2 aromatic rings. The maximum absolute atomic E-state index is 12.3. The van der Waals surface area contributed by atoms with Crippen molar-refractivity contribution in [2.45, 2.75) is 19.1 Å². The Morgan fingerprint density at radius 2 is 2.14 bits per heavy atom. The molecule has 1 amide bonds. The number of fused-ring (bicyclic) bond motifs is 1. The van der Waals surface area contributed by atoms with Crippen LogP contribution in [-0.2, 0) is 9.84 Å². The van der Waals surface area contributed by atoms with Crippen molar-refractivity contribution in [2.24, 2.45) is 0 Å². The fraction of sp³-hybridized carbons (Fsp3) is 0.357. The summed E-state index contributed by atoms with van der Waals surface area (Å²) in [5.41, 5.74) is 0.792. The van der Waals surface area contributed by atoms with Crippen molar-refractivity contribution in [3.8, 4) is 0 Å². The molecule has 0 unspecified atom stereocenters. The summed E-state index contributed by atoms with van der Waals surface area (Å²) in [5.74, 6) is -0.320. The number of benzene rings is 1. The first-order valence-corrected chi connectivity index (χ1v) is 8.36. The molecule has 0 saturated carbocycles. The number of amides is 1. The number of hydrogen-bond acceptors (Lipinski definition) is 5. The van der Waals surface area contributed by atoms with Gasteiger partial charge in [-0.25, -0.2) is 8.42 Å². The number of furan rings is 1. The highest BCUT2D eigenvalue weighted by Gasteiger charge is 2.37. The Labute approximate surface area is 121 Å². The second kappa shape index (κ2) is 4.85. The molecule has 1 aliphatic heterocycles. The molecule has 2 heterocycles. The Hall–Kier alpha value is -1.86. The fourth-order valence-electron chi connectivity index (χ4n) is 2.58. The Balaban J connectivity index is 1.88. The van der Waals surface area contributed by atoms with E-state index >= 15 is 0 Å². The van der Waals surface area contributed by atoms with E-state index in [0.717, 1.165) is 5.39 Å². The molecule has 3 rings (SSSR count). The van der Waals surface area contributed by atoms with Crippen molar-refractivity contribution in [1.29, 1.82) is 0 Å². The molecular formula is C14H15NO5S. The Bertz CT molecular complexity index is 808. The Morgan fingerprint density at radius 1 is 1.38 bits per heavy atom. The molecular weight excluding hydrogens is 294 g/mol. The summed E-state index contributed by atoms with van der Waals surface area (Å²) >= 11 is 0. The standard InChI is InChI=1S/C14H15NO5S/c1-8-5-9-3-2-4-10(13(9)20-8)14(17)15-11-6-21(18,19)7-12(11)16/h2-5,11-12,16H,6-7H2,1H3,(H,15,17)/t11-,12-/m1/s1. The largest absolute Gasteiger partial charge is 0.461 e. The molecule has 1 aromatic heterocycles. The van der Waals surface area contributed by atoms with Crippen LogP contribution in [0.5, 0.6) is 0 Å². The lowest BCUT2D eigenvalue weighted by Gasteiger charge is -2.14. The summed E-state index contributed by atoms with van der Waals surface area (Å²) in [6.07, 6.45) is -1.07. The van der Waals surface area contributed by atoms with Gasteiger partial charge in [-0.3, -0.25) is 4.79 Å². The zero-order chi connectivity index (χ0) is 15.2. The molecule has 2 atom stereocenters. The quantitative estimate of drug-likeness (QED) is 0.848. The van der Waals surface area contributed by atoms with Gasteiger partial charge in [0.25, 0.3) is 5.91 Å². The van der Waals surface area contributed by atoms with Gasteiger partial charge in [-0.1, -0.05) is 12.1 Å². The van der Waals surface area contributed by atoms with Crippen LogP contribution in [0.15, 0.2) is 28.7 Å². The van der Waals surface area contributed by atoms with E-state index in [2.05, 4.69) is 5.32 Å². The lowest BCUT2D eigenvalue weighted by molar-refractivity contribution is 0.0889. The van der Waals surface area contributed by atoms with E-state index in [-0.39, 0.29) is 11.5 Å². The second-order valence-corrected chi connectivity index (χ2v) is 7.46. The number of para-hydroxylation sites is 1. The van der Waals surface area contributed by atoms with Crippen LogP contribution in [0.1, 0.15) is 16.1 Å². The average molecular weight is 309 g/mol. The summed E-state index contributed by atoms with van der Waals surface area (Å²) in [6, 6.07) is 6.21. The van der Waals surface area contributed by atoms with Crippen molar-refractivity contribution in [2.75, 3.05) is 11.5 Å². The van der Waals surface area contributed by atoms with E-state index in [1.807, 2.05) is 12.1 Å². The molecule has 0 bridgehead atoms. The van der Waals surface area contributed by atoms with Gasteiger partial charge < -0.3 is 14.8 Å². The number of carbonyl (C=O) groups is 1. The fourth-order valence-corrected chi connectivity index (χ4v) is 4.33. The first kappa shape index (κ1) is 14.1. The van der Waals surface area contributed by atoms with Crippen LogP contribution in [0.25, 0.3) is 11.0 Å². The van der Waals surface area contributed by atoms with E-state index in [4.69, 9.17) is 4.42 Å². The van der Waals surface area contributed by atoms with Gasteiger partial charge in [0, 0.05) is 5.39 Å². The summed E-state index contributed by atoms with van der Waals surface area (Å²) in [5, 5.41) is 13.1. The monoisotopic (exact) mass is 309 g/mol. The summed E-state index contributed by atoms with van der Waals surface area (Å²) in [4.78, 5) is 12.3. The zero-order valence-electron chi connectivity index (χ0n) is 11.4. The van der Waals surface area contributed by atoms with Gasteiger partial charge in [-0.05, 0) is 19.1 Å². The highest BCUT2D eigenvalue weighted by Crippen LogP contribution is 2.23. The topological polar surface area (TPSA) is 96.6 Å². The van der Waals surface area contributed by atoms with Gasteiger partial charge in [-0.2, -0.15) is 0 Å². The molecule has 6 nitrogen and oxygen atoms in total. The average Bonchev–Trinajstić information content (AvgIpc) is 2.87. The lowest BCUT2D eigenvalue weighted by atomic mass is 10.1. The first-order chi connectivity index (χ1) is 9.85. The van der Waals surface area contributed by atoms with Gasteiger partial charge in [0.05, 0.1) is 29.2 Å². The van der Waals surface area contributed by atoms with E-state index < -0.39 is 27.9 Å². The molecule has 2 N–H and O–H groups in total. The highest BCUT2D eigenvalue weighted by atomic mass is 32.2. The summed E-state index contributed by atoms with van der Waals surface area (Å²) in [7, 11) is -3.30. The molecule has 1 fully saturated rings. The van der Waals surface area contributed by atoms with Crippen LogP contribution in [-0.4, -0.2) is 43.1 Å². The third-order valence-electron chi connectivity index (χ3n) is 3.55. The van der Waals surface area contributed by atoms with Crippen LogP contribution in [0.2, 0.25) is 0 Å². The Kier molecular flexibility index (Phi) is 3.26. The molecule has 1 saturated heterocycles. The van der Waals surface area contributed by atoms with E-state index in [0.29, 0.717) is 16.9 Å². The number of rotatable bonds is 2. The van der Waals surface area contributed by atoms with Crippen LogP contribution >= 0.6 is 0 Å². The molecule has 0 aliphatic carbocycles. The van der Waals surface area contributed by atoms with E-state index in [1.54, 1.807) is 19.1 Å². The number of sulfone groups is 1. The van der Waals surface area contributed by atoms with Gasteiger partial charge >= 0.3 is 0 Å². The number of aliphatic hydroxyl groups is 1. The number of carbonyl (C=O) groups excluding carboxylic acids is 1. The third-order valence-corrected chi connectivity index (χ3v) is 5.27. The van der Waals surface area contributed by atoms with Gasteiger partial charge in [-0.15, -0.1) is 0 Å². The van der Waals surface area contributed by atoms with Gasteiger partial charge in [0.2, 0.25) is 0 Å². The van der Waals surface area contributed by atoms with E-state index in [1.165, 1.54) is 0 Å². The van der Waals surface area contributed by atoms with E-state index in [9.17, 15) is 18.3 Å². The molecule has 1 aliphatic rings. The zero-order valence-corrected chi connectivity index (χ0v) is 12.2. The van der Waals surface area contributed by atoms with Crippen molar-refractivity contribution < 1.29 is 22.7 Å². The number of nitrogens with one attached hydrogen (secondary N) is 1. The van der Waals surface area contributed by atoms with Crippen molar-refractivity contribution in [3.05, 3.63) is 35.6 Å². The minimum atomic E-state index is -3.30. The maximum Gasteiger partial charge on any atom is 0.255 e. The summed E-state index contributed by atoms with van der Waals surface area (Å²) < 4.78 is 28.4. The third kappa shape index (κ3) is 2.66. The van der Waals surface area contributed by atoms with Crippen molar-refractivity contribution in [1.82, 2.24) is 5.32 Å². The number of aliphatic hydroxyl groups excluding tert-OH is 1. The van der Waals surface area contributed by atoms with Gasteiger partial charge in [0.15, 0.2) is 9.84 Å². The first-order valence-electron chi connectivity index (χ1n) is 6.54. The second-order valence-electron chi connectivity index (χ2n) is 5.31. The number of aryl methyl sites for hydroxylation is 1. The molecule has 7 heteroatoms. The minimum absolute atomic E-state index is 0.243. The smallest absolute Gasteiger partial charge is 0.255 e. The van der Waals surface area contributed by atoms with Crippen LogP contribution in [0.4, 0.5) is 0 Å². The lowest BCUT2D eigenvalue weighted by Crippen LogP contribution is -2.42. The highest BCUT2D eigenvalue weighted by molar-refractivity contribution is 7.91. The maximum atomic E-state index is 12.3. The van der Waals surface area contributed by atoms with Crippen molar-refractivity contribution >= 4 is 26.7 Å².